The predicted octanol–water partition coefficient (Wildman–Crippen LogP) is 4.18. The number of benzene rings is 2. The summed E-state index contributed by atoms with van der Waals surface area (Å²) < 4.78 is 49.1. The third-order valence-electron chi connectivity index (χ3n) is 3.72. The summed E-state index contributed by atoms with van der Waals surface area (Å²) in [4.78, 5) is 15.9. The molecule has 0 spiro atoms. The molecule has 0 bridgehead atoms. The highest BCUT2D eigenvalue weighted by atomic mass is 19.4. The lowest BCUT2D eigenvalue weighted by atomic mass is 10.1. The average molecular weight is 376 g/mol. The van der Waals surface area contributed by atoms with Crippen LogP contribution in [0.2, 0.25) is 0 Å². The molecule has 2 N–H and O–H groups in total. The first kappa shape index (κ1) is 18.5. The summed E-state index contributed by atoms with van der Waals surface area (Å²) in [6, 6.07) is 10.7. The van der Waals surface area contributed by atoms with Crippen LogP contribution in [0.1, 0.15) is 22.8 Å². The second-order valence-corrected chi connectivity index (χ2v) is 5.62. The van der Waals surface area contributed by atoms with Gasteiger partial charge in [0, 0.05) is 11.5 Å². The van der Waals surface area contributed by atoms with Crippen molar-refractivity contribution in [2.45, 2.75) is 13.1 Å². The lowest BCUT2D eigenvalue weighted by Crippen LogP contribution is -2.21. The number of ether oxygens (including phenoxy) is 1. The number of rotatable bonds is 4. The highest BCUT2D eigenvalue weighted by Gasteiger charge is 2.29. The summed E-state index contributed by atoms with van der Waals surface area (Å²) in [5, 5.41) is 0.610. The molecule has 0 aliphatic carbocycles. The number of alkyl halides is 3. The van der Waals surface area contributed by atoms with Crippen LogP contribution >= 0.6 is 0 Å². The van der Waals surface area contributed by atoms with E-state index in [9.17, 15) is 18.0 Å². The highest BCUT2D eigenvalue weighted by molar-refractivity contribution is 5.95. The van der Waals surface area contributed by atoms with Gasteiger partial charge in [-0.2, -0.15) is 13.2 Å². The van der Waals surface area contributed by atoms with Gasteiger partial charge in [-0.05, 0) is 49.4 Å². The van der Waals surface area contributed by atoms with E-state index in [0.29, 0.717) is 23.3 Å². The van der Waals surface area contributed by atoms with Gasteiger partial charge in [0.25, 0.3) is 5.91 Å². The summed E-state index contributed by atoms with van der Waals surface area (Å²) in [6.45, 7) is 2.30. The molecule has 0 fully saturated rings. The minimum Gasteiger partial charge on any atom is -0.494 e. The SMILES string of the molecule is CCOc1ccc2cc(C(N)=O)c(=Nc3ccc(C(F)(F)F)cc3)oc2c1. The fourth-order valence-electron chi connectivity index (χ4n) is 2.46. The Morgan fingerprint density at radius 3 is 2.44 bits per heavy atom. The van der Waals surface area contributed by atoms with Crippen LogP contribution in [0.5, 0.6) is 5.75 Å². The second kappa shape index (κ2) is 7.14. The number of primary amides is 1. The van der Waals surface area contributed by atoms with Crippen molar-refractivity contribution in [2.24, 2.45) is 10.7 Å². The summed E-state index contributed by atoms with van der Waals surface area (Å²) in [5.41, 5.74) is 5.10. The lowest BCUT2D eigenvalue weighted by Gasteiger charge is -2.07. The number of halogens is 3. The topological polar surface area (TPSA) is 77.8 Å². The first-order valence-electron chi connectivity index (χ1n) is 8.00. The fraction of sp³-hybridized carbons (Fsp3) is 0.158. The molecule has 0 saturated heterocycles. The van der Waals surface area contributed by atoms with Crippen molar-refractivity contribution in [1.82, 2.24) is 0 Å². The van der Waals surface area contributed by atoms with Crippen molar-refractivity contribution in [2.75, 3.05) is 6.61 Å². The van der Waals surface area contributed by atoms with Crippen LogP contribution in [-0.2, 0) is 6.18 Å². The molecular weight excluding hydrogens is 361 g/mol. The Bertz CT molecular complexity index is 1050. The Morgan fingerprint density at radius 2 is 1.85 bits per heavy atom. The molecule has 0 atom stereocenters. The summed E-state index contributed by atoms with van der Waals surface area (Å²) in [6.07, 6.45) is -4.44. The summed E-state index contributed by atoms with van der Waals surface area (Å²) in [5.74, 6) is -0.193. The molecule has 27 heavy (non-hydrogen) atoms. The van der Waals surface area contributed by atoms with E-state index in [0.717, 1.165) is 12.1 Å². The van der Waals surface area contributed by atoms with E-state index in [4.69, 9.17) is 14.9 Å². The molecule has 0 aliphatic heterocycles. The Labute approximate surface area is 151 Å². The molecule has 1 heterocycles. The van der Waals surface area contributed by atoms with Gasteiger partial charge in [0.15, 0.2) is 0 Å². The zero-order valence-electron chi connectivity index (χ0n) is 14.2. The van der Waals surface area contributed by atoms with Gasteiger partial charge in [-0.15, -0.1) is 0 Å². The van der Waals surface area contributed by atoms with Gasteiger partial charge in [0.1, 0.15) is 16.9 Å². The van der Waals surface area contributed by atoms with Gasteiger partial charge in [0.2, 0.25) is 5.55 Å². The monoisotopic (exact) mass is 376 g/mol. The van der Waals surface area contributed by atoms with Gasteiger partial charge in [-0.25, -0.2) is 4.99 Å². The molecular formula is C19H15F3N2O3. The molecule has 0 saturated carbocycles. The Kier molecular flexibility index (Phi) is 4.89. The van der Waals surface area contributed by atoms with Crippen molar-refractivity contribution in [3.8, 4) is 5.75 Å². The Balaban J connectivity index is 2.14. The second-order valence-electron chi connectivity index (χ2n) is 5.62. The van der Waals surface area contributed by atoms with Crippen LogP contribution in [0, 0.1) is 0 Å². The minimum absolute atomic E-state index is 0.0200. The molecule has 3 rings (SSSR count). The van der Waals surface area contributed by atoms with Crippen molar-refractivity contribution >= 4 is 22.6 Å². The maximum absolute atomic E-state index is 12.7. The van der Waals surface area contributed by atoms with Crippen molar-refractivity contribution in [3.05, 3.63) is 65.2 Å². The van der Waals surface area contributed by atoms with Crippen molar-refractivity contribution < 1.29 is 27.1 Å². The third-order valence-corrected chi connectivity index (χ3v) is 3.72. The van der Waals surface area contributed by atoms with Crippen LogP contribution in [-0.4, -0.2) is 12.5 Å². The van der Waals surface area contributed by atoms with Gasteiger partial charge >= 0.3 is 6.18 Å². The molecule has 2 aromatic carbocycles. The van der Waals surface area contributed by atoms with E-state index >= 15 is 0 Å². The predicted molar refractivity (Wildman–Crippen MR) is 92.6 cm³/mol. The standard InChI is InChI=1S/C19H15F3N2O3/c1-2-26-14-8-3-11-9-15(17(23)25)18(27-16(11)10-14)24-13-6-4-12(5-7-13)19(20,21)22/h3-10H,2H2,1H3,(H2,23,25). The van der Waals surface area contributed by atoms with Crippen LogP contribution in [0.15, 0.2) is 57.9 Å². The van der Waals surface area contributed by atoms with Gasteiger partial charge in [-0.1, -0.05) is 0 Å². The molecule has 1 aromatic heterocycles. The maximum Gasteiger partial charge on any atom is 0.416 e. The maximum atomic E-state index is 12.7. The Hall–Kier alpha value is -3.29. The number of amides is 1. The van der Waals surface area contributed by atoms with Crippen LogP contribution in [0.4, 0.5) is 18.9 Å². The van der Waals surface area contributed by atoms with Crippen LogP contribution in [0.25, 0.3) is 11.0 Å². The van der Waals surface area contributed by atoms with E-state index in [1.165, 1.54) is 18.2 Å². The number of nitrogens with two attached hydrogens (primary N) is 1. The number of carbonyl (C=O) groups is 1. The third kappa shape index (κ3) is 4.11. The van der Waals surface area contributed by atoms with E-state index in [2.05, 4.69) is 4.99 Å². The van der Waals surface area contributed by atoms with Gasteiger partial charge in [0.05, 0.1) is 17.9 Å². The van der Waals surface area contributed by atoms with Crippen molar-refractivity contribution in [1.29, 1.82) is 0 Å². The van der Waals surface area contributed by atoms with Gasteiger partial charge in [-0.3, -0.25) is 4.79 Å². The van der Waals surface area contributed by atoms with Gasteiger partial charge < -0.3 is 14.9 Å². The molecule has 1 amide bonds. The number of fused-ring (bicyclic) bond motifs is 1. The smallest absolute Gasteiger partial charge is 0.416 e. The van der Waals surface area contributed by atoms with Crippen LogP contribution in [0.3, 0.4) is 0 Å². The highest BCUT2D eigenvalue weighted by Crippen LogP contribution is 2.30. The summed E-state index contributed by atoms with van der Waals surface area (Å²) in [7, 11) is 0. The minimum atomic E-state index is -4.44. The zero-order chi connectivity index (χ0) is 19.6. The first-order chi connectivity index (χ1) is 12.8. The molecule has 0 aliphatic rings. The lowest BCUT2D eigenvalue weighted by molar-refractivity contribution is -0.137. The number of nitrogens with zero attached hydrogens (tertiary/aromatic N) is 1. The normalized spacial score (nSPS) is 12.4. The molecule has 5 nitrogen and oxygen atoms in total. The van der Waals surface area contributed by atoms with Crippen molar-refractivity contribution in [3.63, 3.8) is 0 Å². The summed E-state index contributed by atoms with van der Waals surface area (Å²) >= 11 is 0. The quantitative estimate of drug-likeness (QED) is 0.742. The fourth-order valence-corrected chi connectivity index (χ4v) is 2.46. The first-order valence-corrected chi connectivity index (χ1v) is 8.00. The molecule has 3 aromatic rings. The zero-order valence-corrected chi connectivity index (χ0v) is 14.2. The number of hydrogen-bond donors (Lipinski definition) is 1. The molecule has 140 valence electrons. The number of carbonyl (C=O) groups excluding carboxylic acids is 1. The molecule has 8 heteroatoms. The largest absolute Gasteiger partial charge is 0.494 e. The van der Waals surface area contributed by atoms with E-state index in [1.807, 2.05) is 6.92 Å². The van der Waals surface area contributed by atoms with Crippen LogP contribution < -0.4 is 16.0 Å². The average Bonchev–Trinajstić information content (AvgIpc) is 2.61. The molecule has 0 radical (unpaired) electrons. The molecule has 0 unspecified atom stereocenters. The number of hydrogen-bond acceptors (Lipinski definition) is 4. The Morgan fingerprint density at radius 1 is 1.15 bits per heavy atom. The van der Waals surface area contributed by atoms with E-state index in [-0.39, 0.29) is 16.8 Å². The van der Waals surface area contributed by atoms with E-state index < -0.39 is 17.6 Å². The van der Waals surface area contributed by atoms with E-state index in [1.54, 1.807) is 18.2 Å².